The highest BCUT2D eigenvalue weighted by molar-refractivity contribution is 5.50. The fourth-order valence-electron chi connectivity index (χ4n) is 5.47. The van der Waals surface area contributed by atoms with E-state index in [1.54, 1.807) is 0 Å². The van der Waals surface area contributed by atoms with Gasteiger partial charge < -0.3 is 9.84 Å². The Balaban J connectivity index is 1.59. The maximum atomic E-state index is 11.0. The van der Waals surface area contributed by atoms with Gasteiger partial charge in [-0.3, -0.25) is 9.80 Å². The lowest BCUT2D eigenvalue weighted by molar-refractivity contribution is 0.0426. The Hall–Kier alpha value is -2.76. The number of hydrogen-bond acceptors (Lipinski definition) is 4. The molecule has 2 heterocycles. The van der Waals surface area contributed by atoms with Crippen LogP contribution in [-0.4, -0.2) is 66.9 Å². The summed E-state index contributed by atoms with van der Waals surface area (Å²) in [6.07, 6.45) is 2.59. The molecule has 3 aromatic rings. The largest absolute Gasteiger partial charge is 0.389 e. The average molecular weight is 455 g/mol. The van der Waals surface area contributed by atoms with Crippen molar-refractivity contribution >= 4 is 0 Å². The van der Waals surface area contributed by atoms with Crippen molar-refractivity contribution in [2.45, 2.75) is 18.1 Å². The summed E-state index contributed by atoms with van der Waals surface area (Å²) in [5.41, 5.74) is 4.41. The van der Waals surface area contributed by atoms with Crippen molar-refractivity contribution in [1.29, 1.82) is 0 Å². The Bertz CT molecular complexity index is 966. The smallest absolute Gasteiger partial charge is 0.0975 e. The van der Waals surface area contributed by atoms with E-state index in [2.05, 4.69) is 107 Å². The third kappa shape index (κ3) is 4.59. The maximum Gasteiger partial charge on any atom is 0.0975 e. The molecule has 1 N–H and O–H groups in total. The average Bonchev–Trinajstić information content (AvgIpc) is 2.92. The van der Waals surface area contributed by atoms with E-state index in [1.165, 1.54) is 16.7 Å². The number of likely N-dealkylation sites (tertiary alicyclic amines) is 1. The molecule has 2 aliphatic rings. The van der Waals surface area contributed by atoms with Gasteiger partial charge in [0.2, 0.25) is 0 Å². The van der Waals surface area contributed by atoms with Crippen LogP contribution < -0.4 is 0 Å². The molecule has 176 valence electrons. The Morgan fingerprint density at radius 1 is 0.765 bits per heavy atom. The number of piperidine rings is 1. The van der Waals surface area contributed by atoms with Crippen molar-refractivity contribution in [2.75, 3.05) is 45.9 Å². The zero-order valence-corrected chi connectivity index (χ0v) is 19.7. The normalized spacial score (nSPS) is 21.6. The zero-order chi connectivity index (χ0) is 23.2. The third-order valence-corrected chi connectivity index (χ3v) is 7.24. The molecule has 2 fully saturated rings. The topological polar surface area (TPSA) is 35.9 Å². The van der Waals surface area contributed by atoms with Crippen molar-refractivity contribution in [3.63, 3.8) is 0 Å². The van der Waals surface area contributed by atoms with Gasteiger partial charge in [0.05, 0.1) is 24.9 Å². The van der Waals surface area contributed by atoms with Crippen molar-refractivity contribution in [2.24, 2.45) is 0 Å². The minimum Gasteiger partial charge on any atom is -0.389 e. The minimum absolute atomic E-state index is 0.391. The predicted molar refractivity (Wildman–Crippen MR) is 137 cm³/mol. The fraction of sp³-hybridized carbons (Fsp3) is 0.333. The number of aliphatic hydroxyl groups excluding tert-OH is 1. The van der Waals surface area contributed by atoms with Gasteiger partial charge >= 0.3 is 0 Å². The molecule has 0 radical (unpaired) electrons. The first-order valence-corrected chi connectivity index (χ1v) is 12.4. The lowest BCUT2D eigenvalue weighted by Crippen LogP contribution is -2.53. The second-order valence-electron chi connectivity index (χ2n) is 9.23. The van der Waals surface area contributed by atoms with Crippen LogP contribution in [0.15, 0.2) is 103 Å². The molecule has 2 aliphatic heterocycles. The van der Waals surface area contributed by atoms with Gasteiger partial charge in [-0.15, -0.1) is 0 Å². The molecule has 34 heavy (non-hydrogen) atoms. The Labute approximate surface area is 203 Å². The van der Waals surface area contributed by atoms with Crippen molar-refractivity contribution in [1.82, 2.24) is 9.80 Å². The predicted octanol–water partition coefficient (Wildman–Crippen LogP) is 4.30. The van der Waals surface area contributed by atoms with Crippen LogP contribution in [0.1, 0.15) is 23.1 Å². The van der Waals surface area contributed by atoms with Gasteiger partial charge in [0.15, 0.2) is 0 Å². The second-order valence-corrected chi connectivity index (χ2v) is 9.23. The van der Waals surface area contributed by atoms with E-state index < -0.39 is 11.6 Å². The van der Waals surface area contributed by atoms with Crippen molar-refractivity contribution in [3.05, 3.63) is 119 Å². The lowest BCUT2D eigenvalue weighted by Gasteiger charge is -2.48. The highest BCUT2D eigenvalue weighted by atomic mass is 16.5. The molecule has 2 saturated heterocycles. The molecule has 0 spiro atoms. The van der Waals surface area contributed by atoms with Gasteiger partial charge in [-0.05, 0) is 28.7 Å². The highest BCUT2D eigenvalue weighted by Crippen LogP contribution is 2.44. The standard InChI is InChI=1S/C30H34N2O2/c33-29-17-19-32(24-25(29)16-18-31-20-22-34-23-21-31)30(26-10-4-1-5-11-26,27-12-6-2-7-13-27)28-14-8-3-9-15-28/h1-16,29,33H,17-24H2. The third-order valence-electron chi connectivity index (χ3n) is 7.24. The van der Waals surface area contributed by atoms with E-state index in [0.29, 0.717) is 0 Å². The second kappa shape index (κ2) is 10.7. The first-order chi connectivity index (χ1) is 16.8. The van der Waals surface area contributed by atoms with Crippen molar-refractivity contribution < 1.29 is 9.84 Å². The first kappa shape index (κ1) is 23.0. The monoisotopic (exact) mass is 454 g/mol. The molecular weight excluding hydrogens is 420 g/mol. The van der Waals surface area contributed by atoms with E-state index in [1.807, 2.05) is 0 Å². The number of aliphatic hydroxyl groups is 1. The lowest BCUT2D eigenvalue weighted by atomic mass is 9.74. The molecule has 5 rings (SSSR count). The van der Waals surface area contributed by atoms with E-state index >= 15 is 0 Å². The molecule has 4 heteroatoms. The summed E-state index contributed by atoms with van der Waals surface area (Å²) >= 11 is 0. The van der Waals surface area contributed by atoms with E-state index in [0.717, 1.165) is 57.9 Å². The van der Waals surface area contributed by atoms with Crippen molar-refractivity contribution in [3.8, 4) is 0 Å². The summed E-state index contributed by atoms with van der Waals surface area (Å²) in [5.74, 6) is 0. The summed E-state index contributed by atoms with van der Waals surface area (Å²) in [6.45, 7) is 5.88. The molecule has 3 aromatic carbocycles. The summed E-state index contributed by atoms with van der Waals surface area (Å²) in [7, 11) is 0. The quantitative estimate of drug-likeness (QED) is 0.445. The zero-order valence-electron chi connectivity index (χ0n) is 19.7. The molecule has 4 nitrogen and oxygen atoms in total. The molecule has 1 atom stereocenters. The summed E-state index contributed by atoms with van der Waals surface area (Å²) in [5, 5.41) is 11.0. The Kier molecular flexibility index (Phi) is 7.21. The van der Waals surface area contributed by atoms with Gasteiger partial charge in [0, 0.05) is 32.7 Å². The molecule has 0 bridgehead atoms. The highest BCUT2D eigenvalue weighted by Gasteiger charge is 2.44. The maximum absolute atomic E-state index is 11.0. The molecular formula is C30H34N2O2. The number of ether oxygens (including phenoxy) is 1. The first-order valence-electron chi connectivity index (χ1n) is 12.4. The van der Waals surface area contributed by atoms with Crippen LogP contribution in [0.5, 0.6) is 0 Å². The van der Waals surface area contributed by atoms with Crippen LogP contribution in [0.25, 0.3) is 0 Å². The van der Waals surface area contributed by atoms with Crippen LogP contribution in [0.4, 0.5) is 0 Å². The van der Waals surface area contributed by atoms with Gasteiger partial charge in [-0.25, -0.2) is 0 Å². The number of rotatable bonds is 6. The molecule has 1 unspecified atom stereocenters. The van der Waals surface area contributed by atoms with Crippen LogP contribution in [0.3, 0.4) is 0 Å². The number of hydrogen-bond donors (Lipinski definition) is 1. The van der Waals surface area contributed by atoms with Crippen LogP contribution in [-0.2, 0) is 10.3 Å². The Morgan fingerprint density at radius 2 is 1.26 bits per heavy atom. The summed E-state index contributed by atoms with van der Waals surface area (Å²) in [6, 6.07) is 32.4. The van der Waals surface area contributed by atoms with Crippen LogP contribution >= 0.6 is 0 Å². The van der Waals surface area contributed by atoms with Gasteiger partial charge in [0.25, 0.3) is 0 Å². The van der Waals surface area contributed by atoms with E-state index in [9.17, 15) is 5.11 Å². The van der Waals surface area contributed by atoms with E-state index in [4.69, 9.17) is 4.74 Å². The van der Waals surface area contributed by atoms with Crippen LogP contribution in [0, 0.1) is 0 Å². The minimum atomic E-state index is -0.442. The molecule has 0 aromatic heterocycles. The van der Waals surface area contributed by atoms with Crippen LogP contribution in [0.2, 0.25) is 0 Å². The summed E-state index contributed by atoms with van der Waals surface area (Å²) in [4.78, 5) is 4.96. The SMILES string of the molecule is OC1CCN(C(c2ccccc2)(c2ccccc2)c2ccccc2)CC1=CCN1CCOCC1. The number of nitrogens with zero attached hydrogens (tertiary/aromatic N) is 2. The molecule has 0 aliphatic carbocycles. The number of morpholine rings is 1. The Morgan fingerprint density at radius 3 is 1.76 bits per heavy atom. The fourth-order valence-corrected chi connectivity index (χ4v) is 5.47. The number of benzene rings is 3. The summed E-state index contributed by atoms with van der Waals surface area (Å²) < 4.78 is 5.50. The molecule has 0 saturated carbocycles. The van der Waals surface area contributed by atoms with E-state index in [-0.39, 0.29) is 0 Å². The van der Waals surface area contributed by atoms with Gasteiger partial charge in [-0.2, -0.15) is 0 Å². The molecule has 0 amide bonds. The van der Waals surface area contributed by atoms with Gasteiger partial charge in [0.1, 0.15) is 0 Å². The van der Waals surface area contributed by atoms with Gasteiger partial charge in [-0.1, -0.05) is 97.1 Å².